The second kappa shape index (κ2) is 6.76. The lowest BCUT2D eigenvalue weighted by molar-refractivity contribution is 0.0931. The van der Waals surface area contributed by atoms with E-state index in [0.29, 0.717) is 22.6 Å². The van der Waals surface area contributed by atoms with Gasteiger partial charge >= 0.3 is 0 Å². The molecule has 0 aliphatic carbocycles. The minimum absolute atomic E-state index is 0.0835. The van der Waals surface area contributed by atoms with Gasteiger partial charge in [0, 0.05) is 37.1 Å². The molecule has 1 aliphatic rings. The van der Waals surface area contributed by atoms with Crippen LogP contribution in [0.5, 0.6) is 0 Å². The molecular weight excluding hydrogens is 332 g/mol. The minimum Gasteiger partial charge on any atom is -0.355 e. The minimum atomic E-state index is -0.135. The Balaban J connectivity index is 1.39. The first kappa shape index (κ1) is 16.0. The summed E-state index contributed by atoms with van der Waals surface area (Å²) in [7, 11) is 0. The number of nitriles is 1. The number of pyridine rings is 2. The Morgan fingerprint density at radius 3 is 2.96 bits per heavy atom. The molecule has 0 bridgehead atoms. The van der Waals surface area contributed by atoms with Crippen molar-refractivity contribution >= 4 is 17.4 Å². The van der Waals surface area contributed by atoms with E-state index in [9.17, 15) is 10.1 Å². The molecule has 1 aliphatic heterocycles. The lowest BCUT2D eigenvalue weighted by atomic mass is 10.0. The van der Waals surface area contributed by atoms with Crippen LogP contribution in [0.4, 0.5) is 5.82 Å². The van der Waals surface area contributed by atoms with Crippen LogP contribution in [0.1, 0.15) is 28.8 Å². The molecule has 1 fully saturated rings. The highest BCUT2D eigenvalue weighted by Crippen LogP contribution is 2.21. The average Bonchev–Trinajstić information content (AvgIpc) is 3.16. The summed E-state index contributed by atoms with van der Waals surface area (Å²) in [5.74, 6) is 0.578. The van der Waals surface area contributed by atoms with Gasteiger partial charge in [-0.2, -0.15) is 5.26 Å². The van der Waals surface area contributed by atoms with E-state index in [1.165, 1.54) is 4.52 Å². The molecule has 3 aromatic heterocycles. The first-order chi connectivity index (χ1) is 12.7. The van der Waals surface area contributed by atoms with E-state index in [0.717, 1.165) is 25.9 Å². The molecule has 0 atom stereocenters. The molecule has 4 rings (SSSR count). The number of hydrogen-bond acceptors (Lipinski definition) is 7. The highest BCUT2D eigenvalue weighted by atomic mass is 16.1. The van der Waals surface area contributed by atoms with Crippen molar-refractivity contribution in [2.45, 2.75) is 18.9 Å². The average molecular weight is 348 g/mol. The molecule has 9 nitrogen and oxygen atoms in total. The molecule has 0 aromatic carbocycles. The Morgan fingerprint density at radius 2 is 2.15 bits per heavy atom. The van der Waals surface area contributed by atoms with Crippen molar-refractivity contribution in [3.63, 3.8) is 0 Å². The van der Waals surface area contributed by atoms with E-state index in [4.69, 9.17) is 0 Å². The van der Waals surface area contributed by atoms with Crippen LogP contribution in [0, 0.1) is 11.3 Å². The third-order valence-electron chi connectivity index (χ3n) is 4.50. The molecule has 4 heterocycles. The predicted molar refractivity (Wildman–Crippen MR) is 92.4 cm³/mol. The Hall–Kier alpha value is -3.54. The molecule has 26 heavy (non-hydrogen) atoms. The summed E-state index contributed by atoms with van der Waals surface area (Å²) in [4.78, 5) is 18.9. The van der Waals surface area contributed by atoms with Gasteiger partial charge in [-0.05, 0) is 47.5 Å². The number of aromatic nitrogens is 5. The number of fused-ring (bicyclic) bond motifs is 1. The van der Waals surface area contributed by atoms with Gasteiger partial charge in [0.25, 0.3) is 5.91 Å². The lowest BCUT2D eigenvalue weighted by Crippen LogP contribution is -2.45. The summed E-state index contributed by atoms with van der Waals surface area (Å²) >= 11 is 0. The molecule has 3 aromatic rings. The van der Waals surface area contributed by atoms with Gasteiger partial charge in [0.05, 0.1) is 5.56 Å². The molecular formula is C17H16N8O. The standard InChI is InChI=1S/C17H16N8O/c18-11-13-2-1-6-19-16(13)24-7-4-14(5-8-24)20-17(26)12-3-9-25-15(10-12)21-22-23-25/h1-3,6,9-10,14H,4-5,7-8H2,(H,20,26). The largest absolute Gasteiger partial charge is 0.355 e. The second-order valence-corrected chi connectivity index (χ2v) is 6.12. The highest BCUT2D eigenvalue weighted by Gasteiger charge is 2.23. The van der Waals surface area contributed by atoms with Crippen molar-refractivity contribution in [3.05, 3.63) is 47.8 Å². The number of rotatable bonds is 3. The number of carbonyl (C=O) groups excluding carboxylic acids is 1. The van der Waals surface area contributed by atoms with Gasteiger partial charge in [-0.1, -0.05) is 0 Å². The number of nitrogens with one attached hydrogen (secondary N) is 1. The Kier molecular flexibility index (Phi) is 4.15. The lowest BCUT2D eigenvalue weighted by Gasteiger charge is -2.33. The quantitative estimate of drug-likeness (QED) is 0.744. The fourth-order valence-electron chi connectivity index (χ4n) is 3.12. The van der Waals surface area contributed by atoms with E-state index in [1.54, 1.807) is 36.7 Å². The van der Waals surface area contributed by atoms with Gasteiger partial charge in [-0.3, -0.25) is 4.79 Å². The van der Waals surface area contributed by atoms with Gasteiger partial charge < -0.3 is 10.2 Å². The monoisotopic (exact) mass is 348 g/mol. The predicted octanol–water partition coefficient (Wildman–Crippen LogP) is 0.790. The van der Waals surface area contributed by atoms with Crippen molar-refractivity contribution in [2.24, 2.45) is 0 Å². The smallest absolute Gasteiger partial charge is 0.251 e. The number of amides is 1. The summed E-state index contributed by atoms with van der Waals surface area (Å²) in [6.45, 7) is 1.48. The van der Waals surface area contributed by atoms with E-state index in [-0.39, 0.29) is 11.9 Å². The van der Waals surface area contributed by atoms with Crippen LogP contribution in [0.2, 0.25) is 0 Å². The van der Waals surface area contributed by atoms with Crippen LogP contribution in [-0.4, -0.2) is 50.1 Å². The van der Waals surface area contributed by atoms with E-state index < -0.39 is 0 Å². The molecule has 1 saturated heterocycles. The second-order valence-electron chi connectivity index (χ2n) is 6.12. The number of nitrogens with zero attached hydrogens (tertiary/aromatic N) is 7. The first-order valence-corrected chi connectivity index (χ1v) is 8.33. The van der Waals surface area contributed by atoms with Crippen molar-refractivity contribution in [2.75, 3.05) is 18.0 Å². The van der Waals surface area contributed by atoms with Crippen molar-refractivity contribution < 1.29 is 4.79 Å². The fourth-order valence-corrected chi connectivity index (χ4v) is 3.12. The third-order valence-corrected chi connectivity index (χ3v) is 4.50. The molecule has 0 radical (unpaired) electrons. The third kappa shape index (κ3) is 3.04. The van der Waals surface area contributed by atoms with E-state index in [2.05, 4.69) is 36.8 Å². The van der Waals surface area contributed by atoms with Gasteiger partial charge in [-0.25, -0.2) is 9.50 Å². The molecule has 0 spiro atoms. The number of hydrogen-bond donors (Lipinski definition) is 1. The zero-order chi connectivity index (χ0) is 17.9. The molecule has 1 amide bonds. The molecule has 1 N–H and O–H groups in total. The molecule has 0 saturated carbocycles. The van der Waals surface area contributed by atoms with Crippen LogP contribution in [-0.2, 0) is 0 Å². The van der Waals surface area contributed by atoms with Crippen LogP contribution >= 0.6 is 0 Å². The van der Waals surface area contributed by atoms with Gasteiger partial charge in [-0.15, -0.1) is 5.10 Å². The van der Waals surface area contributed by atoms with Crippen LogP contribution < -0.4 is 10.2 Å². The van der Waals surface area contributed by atoms with Crippen LogP contribution in [0.15, 0.2) is 36.7 Å². The zero-order valence-electron chi connectivity index (χ0n) is 13.9. The summed E-state index contributed by atoms with van der Waals surface area (Å²) in [5, 5.41) is 23.5. The van der Waals surface area contributed by atoms with Crippen molar-refractivity contribution in [1.29, 1.82) is 5.26 Å². The summed E-state index contributed by atoms with van der Waals surface area (Å²) in [5.41, 5.74) is 1.64. The van der Waals surface area contributed by atoms with E-state index >= 15 is 0 Å². The van der Waals surface area contributed by atoms with Crippen LogP contribution in [0.3, 0.4) is 0 Å². The Bertz CT molecular complexity index is 984. The fraction of sp³-hybridized carbons (Fsp3) is 0.294. The maximum Gasteiger partial charge on any atom is 0.251 e. The normalized spacial score (nSPS) is 15.0. The molecule has 9 heteroatoms. The van der Waals surface area contributed by atoms with Crippen LogP contribution in [0.25, 0.3) is 5.65 Å². The van der Waals surface area contributed by atoms with Crippen molar-refractivity contribution in [1.82, 2.24) is 30.3 Å². The summed E-state index contributed by atoms with van der Waals surface area (Å²) in [6, 6.07) is 9.15. The van der Waals surface area contributed by atoms with E-state index in [1.807, 2.05) is 0 Å². The van der Waals surface area contributed by atoms with Gasteiger partial charge in [0.2, 0.25) is 0 Å². The number of piperidine rings is 1. The summed E-state index contributed by atoms with van der Waals surface area (Å²) in [6.07, 6.45) is 4.95. The SMILES string of the molecule is N#Cc1cccnc1N1CCC(NC(=O)c2ccn3nnnc3c2)CC1. The first-order valence-electron chi connectivity index (χ1n) is 8.33. The van der Waals surface area contributed by atoms with Gasteiger partial charge in [0.15, 0.2) is 5.65 Å². The summed E-state index contributed by atoms with van der Waals surface area (Å²) < 4.78 is 1.51. The molecule has 0 unspecified atom stereocenters. The Morgan fingerprint density at radius 1 is 1.31 bits per heavy atom. The van der Waals surface area contributed by atoms with Gasteiger partial charge in [0.1, 0.15) is 11.9 Å². The molecule has 130 valence electrons. The zero-order valence-corrected chi connectivity index (χ0v) is 13.9. The number of anilines is 1. The topological polar surface area (TPSA) is 112 Å². The number of tetrazole rings is 1. The Labute approximate surface area is 149 Å². The number of carbonyl (C=O) groups is 1. The maximum absolute atomic E-state index is 12.5. The maximum atomic E-state index is 12.5. The van der Waals surface area contributed by atoms with Crippen molar-refractivity contribution in [3.8, 4) is 6.07 Å². The highest BCUT2D eigenvalue weighted by molar-refractivity contribution is 5.95.